The van der Waals surface area contributed by atoms with Gasteiger partial charge in [-0.1, -0.05) is 18.2 Å². The Hall–Kier alpha value is -1.06. The fourth-order valence-corrected chi connectivity index (χ4v) is 1.76. The molecule has 0 saturated heterocycles. The van der Waals surface area contributed by atoms with Crippen LogP contribution in [0.25, 0.3) is 0 Å². The number of para-hydroxylation sites is 1. The van der Waals surface area contributed by atoms with Gasteiger partial charge in [-0.3, -0.25) is 0 Å². The predicted octanol–water partition coefficient (Wildman–Crippen LogP) is 2.68. The number of benzene rings is 1. The summed E-state index contributed by atoms with van der Waals surface area (Å²) >= 11 is 0. The standard InChI is InChI=1S/C15H26N2O/c1-15(2,3)17-11-10-16-14-8-6-5-7-13(14)9-12-18-4/h5-8,16-17H,9-12H2,1-4H3. The summed E-state index contributed by atoms with van der Waals surface area (Å²) in [6.07, 6.45) is 0.951. The third-order valence-corrected chi connectivity index (χ3v) is 2.69. The zero-order valence-electron chi connectivity index (χ0n) is 12.0. The van der Waals surface area contributed by atoms with Crippen LogP contribution in [-0.2, 0) is 11.2 Å². The second kappa shape index (κ2) is 7.39. The van der Waals surface area contributed by atoms with Crippen LogP contribution < -0.4 is 10.6 Å². The minimum Gasteiger partial charge on any atom is -0.384 e. The molecule has 0 heterocycles. The first-order valence-corrected chi connectivity index (χ1v) is 6.58. The van der Waals surface area contributed by atoms with E-state index in [9.17, 15) is 0 Å². The largest absolute Gasteiger partial charge is 0.384 e. The van der Waals surface area contributed by atoms with Gasteiger partial charge in [0.2, 0.25) is 0 Å². The summed E-state index contributed by atoms with van der Waals surface area (Å²) in [6, 6.07) is 8.42. The normalized spacial score (nSPS) is 11.6. The third kappa shape index (κ3) is 6.03. The molecular formula is C15H26N2O. The molecule has 0 aromatic heterocycles. The molecule has 0 amide bonds. The van der Waals surface area contributed by atoms with E-state index in [0.29, 0.717) is 0 Å². The lowest BCUT2D eigenvalue weighted by molar-refractivity contribution is 0.202. The predicted molar refractivity (Wildman–Crippen MR) is 78.3 cm³/mol. The van der Waals surface area contributed by atoms with Crippen LogP contribution >= 0.6 is 0 Å². The summed E-state index contributed by atoms with van der Waals surface area (Å²) < 4.78 is 5.13. The fraction of sp³-hybridized carbons (Fsp3) is 0.600. The number of rotatable bonds is 7. The van der Waals surface area contributed by atoms with E-state index in [-0.39, 0.29) is 5.54 Å². The molecule has 0 fully saturated rings. The van der Waals surface area contributed by atoms with Gasteiger partial charge in [0.15, 0.2) is 0 Å². The number of hydrogen-bond acceptors (Lipinski definition) is 3. The maximum atomic E-state index is 5.13. The summed E-state index contributed by atoms with van der Waals surface area (Å²) in [7, 11) is 1.74. The molecule has 0 aliphatic heterocycles. The van der Waals surface area contributed by atoms with Crippen LogP contribution in [-0.4, -0.2) is 32.3 Å². The molecule has 0 aliphatic rings. The summed E-state index contributed by atoms with van der Waals surface area (Å²) in [5, 5.41) is 6.94. The van der Waals surface area contributed by atoms with Gasteiger partial charge < -0.3 is 15.4 Å². The van der Waals surface area contributed by atoms with Gasteiger partial charge in [-0.2, -0.15) is 0 Å². The molecule has 1 rings (SSSR count). The highest BCUT2D eigenvalue weighted by Crippen LogP contribution is 2.15. The zero-order chi connectivity index (χ0) is 13.4. The number of hydrogen-bond donors (Lipinski definition) is 2. The van der Waals surface area contributed by atoms with E-state index in [2.05, 4.69) is 55.7 Å². The lowest BCUT2D eigenvalue weighted by atomic mass is 10.1. The van der Waals surface area contributed by atoms with Crippen molar-refractivity contribution in [3.05, 3.63) is 29.8 Å². The topological polar surface area (TPSA) is 33.3 Å². The van der Waals surface area contributed by atoms with E-state index < -0.39 is 0 Å². The second-order valence-electron chi connectivity index (χ2n) is 5.50. The molecule has 0 spiro atoms. The van der Waals surface area contributed by atoms with Crippen LogP contribution in [0.15, 0.2) is 24.3 Å². The smallest absolute Gasteiger partial charge is 0.0503 e. The Kier molecular flexibility index (Phi) is 6.16. The fourth-order valence-electron chi connectivity index (χ4n) is 1.76. The van der Waals surface area contributed by atoms with Gasteiger partial charge in [-0.15, -0.1) is 0 Å². The number of methoxy groups -OCH3 is 1. The molecule has 0 bridgehead atoms. The van der Waals surface area contributed by atoms with Crippen molar-refractivity contribution < 1.29 is 4.74 Å². The molecule has 0 unspecified atom stereocenters. The van der Waals surface area contributed by atoms with Gasteiger partial charge in [-0.25, -0.2) is 0 Å². The van der Waals surface area contributed by atoms with Crippen LogP contribution in [0.1, 0.15) is 26.3 Å². The molecule has 0 saturated carbocycles. The summed E-state index contributed by atoms with van der Waals surface area (Å²) in [4.78, 5) is 0. The Morgan fingerprint density at radius 1 is 1.11 bits per heavy atom. The summed E-state index contributed by atoms with van der Waals surface area (Å²) in [5.74, 6) is 0. The van der Waals surface area contributed by atoms with Gasteiger partial charge in [-0.05, 0) is 38.8 Å². The van der Waals surface area contributed by atoms with Crippen LogP contribution in [0.2, 0.25) is 0 Å². The molecule has 18 heavy (non-hydrogen) atoms. The number of nitrogens with one attached hydrogen (secondary N) is 2. The molecule has 0 aliphatic carbocycles. The van der Waals surface area contributed by atoms with E-state index in [1.807, 2.05) is 0 Å². The molecule has 102 valence electrons. The van der Waals surface area contributed by atoms with E-state index in [1.54, 1.807) is 7.11 Å². The first kappa shape index (κ1) is 15.0. The van der Waals surface area contributed by atoms with Crippen molar-refractivity contribution in [2.24, 2.45) is 0 Å². The summed E-state index contributed by atoms with van der Waals surface area (Å²) in [5.41, 5.74) is 2.71. The van der Waals surface area contributed by atoms with Crippen LogP contribution in [0.3, 0.4) is 0 Å². The first-order chi connectivity index (χ1) is 8.53. The van der Waals surface area contributed by atoms with Crippen molar-refractivity contribution in [1.82, 2.24) is 5.32 Å². The Balaban J connectivity index is 2.41. The minimum absolute atomic E-state index is 0.178. The van der Waals surface area contributed by atoms with Gasteiger partial charge in [0.25, 0.3) is 0 Å². The third-order valence-electron chi connectivity index (χ3n) is 2.69. The Labute approximate surface area is 111 Å². The SMILES string of the molecule is COCCc1ccccc1NCCNC(C)(C)C. The molecule has 3 nitrogen and oxygen atoms in total. The van der Waals surface area contributed by atoms with Crippen molar-refractivity contribution in [3.63, 3.8) is 0 Å². The van der Waals surface area contributed by atoms with Gasteiger partial charge >= 0.3 is 0 Å². The van der Waals surface area contributed by atoms with Crippen molar-refractivity contribution in [3.8, 4) is 0 Å². The Morgan fingerprint density at radius 3 is 2.50 bits per heavy atom. The van der Waals surface area contributed by atoms with Gasteiger partial charge in [0.05, 0.1) is 6.61 Å². The van der Waals surface area contributed by atoms with Crippen molar-refractivity contribution in [2.75, 3.05) is 32.1 Å². The Bertz CT molecular complexity index is 345. The number of ether oxygens (including phenoxy) is 1. The molecule has 0 atom stereocenters. The number of anilines is 1. The second-order valence-corrected chi connectivity index (χ2v) is 5.50. The molecule has 3 heteroatoms. The van der Waals surface area contributed by atoms with Crippen LogP contribution in [0, 0.1) is 0 Å². The highest BCUT2D eigenvalue weighted by atomic mass is 16.5. The molecule has 1 aromatic carbocycles. The maximum absolute atomic E-state index is 5.13. The van der Waals surface area contributed by atoms with E-state index in [0.717, 1.165) is 26.1 Å². The molecular weight excluding hydrogens is 224 g/mol. The van der Waals surface area contributed by atoms with Gasteiger partial charge in [0.1, 0.15) is 0 Å². The van der Waals surface area contributed by atoms with Crippen molar-refractivity contribution in [1.29, 1.82) is 0 Å². The van der Waals surface area contributed by atoms with Crippen LogP contribution in [0.4, 0.5) is 5.69 Å². The monoisotopic (exact) mass is 250 g/mol. The Morgan fingerprint density at radius 2 is 1.83 bits per heavy atom. The molecule has 0 radical (unpaired) electrons. The average molecular weight is 250 g/mol. The lowest BCUT2D eigenvalue weighted by Gasteiger charge is -2.21. The highest BCUT2D eigenvalue weighted by molar-refractivity contribution is 5.51. The van der Waals surface area contributed by atoms with E-state index >= 15 is 0 Å². The average Bonchev–Trinajstić information content (AvgIpc) is 2.32. The minimum atomic E-state index is 0.178. The maximum Gasteiger partial charge on any atom is 0.0503 e. The summed E-state index contributed by atoms with van der Waals surface area (Å²) in [6.45, 7) is 9.20. The van der Waals surface area contributed by atoms with E-state index in [1.165, 1.54) is 11.3 Å². The van der Waals surface area contributed by atoms with Crippen molar-refractivity contribution >= 4 is 5.69 Å². The quantitative estimate of drug-likeness (QED) is 0.730. The van der Waals surface area contributed by atoms with E-state index in [4.69, 9.17) is 4.74 Å². The van der Waals surface area contributed by atoms with Crippen molar-refractivity contribution in [2.45, 2.75) is 32.7 Å². The van der Waals surface area contributed by atoms with Crippen LogP contribution in [0.5, 0.6) is 0 Å². The highest BCUT2D eigenvalue weighted by Gasteiger charge is 2.07. The molecule has 2 N–H and O–H groups in total. The molecule has 1 aromatic rings. The zero-order valence-corrected chi connectivity index (χ0v) is 12.0. The van der Waals surface area contributed by atoms with Gasteiger partial charge in [0, 0.05) is 31.4 Å². The lowest BCUT2D eigenvalue weighted by Crippen LogP contribution is -2.38. The first-order valence-electron chi connectivity index (χ1n) is 6.58.